The molecule has 0 bridgehead atoms. The average Bonchev–Trinajstić information content (AvgIpc) is 2.45. The van der Waals surface area contributed by atoms with Crippen LogP contribution in [0.4, 0.5) is 0 Å². The standard InChI is InChI=1S/C17H32O4/c1-4-7-8-9-10-11-12-13-15(17(18)19)14-16(20-5-2)21-6-3/h13,16H,4-12,14H2,1-3H3,(H,18,19). The van der Waals surface area contributed by atoms with Gasteiger partial charge in [0.05, 0.1) is 0 Å². The van der Waals surface area contributed by atoms with Gasteiger partial charge in [-0.15, -0.1) is 0 Å². The molecule has 0 aliphatic rings. The van der Waals surface area contributed by atoms with Crippen LogP contribution in [0.1, 0.15) is 72.1 Å². The maximum Gasteiger partial charge on any atom is 0.331 e. The maximum absolute atomic E-state index is 11.3. The highest BCUT2D eigenvalue weighted by molar-refractivity contribution is 5.86. The Hall–Kier alpha value is -0.870. The first-order valence-electron chi connectivity index (χ1n) is 8.31. The summed E-state index contributed by atoms with van der Waals surface area (Å²) in [4.78, 5) is 11.3. The molecule has 0 radical (unpaired) electrons. The summed E-state index contributed by atoms with van der Waals surface area (Å²) < 4.78 is 10.8. The molecule has 0 fully saturated rings. The van der Waals surface area contributed by atoms with Gasteiger partial charge in [0.1, 0.15) is 0 Å². The lowest BCUT2D eigenvalue weighted by molar-refractivity contribution is -0.143. The van der Waals surface area contributed by atoms with Crippen LogP contribution in [0.3, 0.4) is 0 Å². The fourth-order valence-corrected chi connectivity index (χ4v) is 2.18. The summed E-state index contributed by atoms with van der Waals surface area (Å²) in [5, 5.41) is 9.25. The van der Waals surface area contributed by atoms with Gasteiger partial charge in [0.2, 0.25) is 0 Å². The number of carboxylic acids is 1. The van der Waals surface area contributed by atoms with E-state index in [1.54, 1.807) is 0 Å². The van der Waals surface area contributed by atoms with Gasteiger partial charge in [0.25, 0.3) is 0 Å². The minimum Gasteiger partial charge on any atom is -0.478 e. The van der Waals surface area contributed by atoms with Gasteiger partial charge in [-0.1, -0.05) is 45.1 Å². The van der Waals surface area contributed by atoms with Gasteiger partial charge in [-0.3, -0.25) is 0 Å². The molecule has 0 amide bonds. The molecule has 4 nitrogen and oxygen atoms in total. The van der Waals surface area contributed by atoms with E-state index in [9.17, 15) is 9.90 Å². The van der Waals surface area contributed by atoms with Crippen molar-refractivity contribution in [3.05, 3.63) is 11.6 Å². The molecular weight excluding hydrogens is 268 g/mol. The first-order valence-corrected chi connectivity index (χ1v) is 8.31. The second kappa shape index (κ2) is 14.1. The van der Waals surface area contributed by atoms with Crippen molar-refractivity contribution in [1.82, 2.24) is 0 Å². The van der Waals surface area contributed by atoms with E-state index < -0.39 is 12.3 Å². The minimum absolute atomic E-state index is 0.312. The molecule has 0 atom stereocenters. The Morgan fingerprint density at radius 3 is 2.10 bits per heavy atom. The van der Waals surface area contributed by atoms with Crippen LogP contribution < -0.4 is 0 Å². The average molecular weight is 300 g/mol. The molecule has 124 valence electrons. The topological polar surface area (TPSA) is 55.8 Å². The summed E-state index contributed by atoms with van der Waals surface area (Å²) in [6, 6.07) is 0. The monoisotopic (exact) mass is 300 g/mol. The predicted molar refractivity (Wildman–Crippen MR) is 85.4 cm³/mol. The van der Waals surface area contributed by atoms with E-state index in [0.29, 0.717) is 25.2 Å². The third-order valence-electron chi connectivity index (χ3n) is 3.31. The van der Waals surface area contributed by atoms with Crippen LogP contribution in [-0.4, -0.2) is 30.6 Å². The van der Waals surface area contributed by atoms with Gasteiger partial charge in [-0.05, 0) is 26.7 Å². The van der Waals surface area contributed by atoms with E-state index in [2.05, 4.69) is 6.92 Å². The molecule has 0 spiro atoms. The van der Waals surface area contributed by atoms with Crippen LogP contribution in [0.2, 0.25) is 0 Å². The second-order valence-electron chi connectivity index (χ2n) is 5.14. The quantitative estimate of drug-likeness (QED) is 0.291. The molecule has 0 heterocycles. The van der Waals surface area contributed by atoms with Crippen molar-refractivity contribution in [2.45, 2.75) is 78.4 Å². The normalized spacial score (nSPS) is 12.1. The molecular formula is C17H32O4. The Morgan fingerprint density at radius 2 is 1.57 bits per heavy atom. The van der Waals surface area contributed by atoms with E-state index in [1.165, 1.54) is 32.1 Å². The van der Waals surface area contributed by atoms with E-state index in [1.807, 2.05) is 19.9 Å². The summed E-state index contributed by atoms with van der Waals surface area (Å²) in [5.74, 6) is -0.870. The molecule has 0 unspecified atom stereocenters. The minimum atomic E-state index is -0.870. The summed E-state index contributed by atoms with van der Waals surface area (Å²) in [5.41, 5.74) is 0.399. The van der Waals surface area contributed by atoms with Gasteiger partial charge < -0.3 is 14.6 Å². The molecule has 0 saturated carbocycles. The Labute approximate surface area is 129 Å². The number of aliphatic carboxylic acids is 1. The summed E-state index contributed by atoms with van der Waals surface area (Å²) in [6.45, 7) is 7.01. The highest BCUT2D eigenvalue weighted by atomic mass is 16.7. The zero-order chi connectivity index (χ0) is 15.9. The van der Waals surface area contributed by atoms with Crippen molar-refractivity contribution in [2.24, 2.45) is 0 Å². The summed E-state index contributed by atoms with van der Waals surface area (Å²) in [7, 11) is 0. The highest BCUT2D eigenvalue weighted by Crippen LogP contribution is 2.14. The molecule has 1 N–H and O–H groups in total. The molecule has 0 aliphatic carbocycles. The summed E-state index contributed by atoms with van der Waals surface area (Å²) >= 11 is 0. The number of hydrogen-bond acceptors (Lipinski definition) is 3. The van der Waals surface area contributed by atoms with E-state index in [-0.39, 0.29) is 0 Å². The highest BCUT2D eigenvalue weighted by Gasteiger charge is 2.15. The Morgan fingerprint density at radius 1 is 1.00 bits per heavy atom. The molecule has 0 rings (SSSR count). The van der Waals surface area contributed by atoms with Crippen LogP contribution in [-0.2, 0) is 14.3 Å². The van der Waals surface area contributed by atoms with Crippen LogP contribution in [0.5, 0.6) is 0 Å². The van der Waals surface area contributed by atoms with Gasteiger partial charge >= 0.3 is 5.97 Å². The zero-order valence-electron chi connectivity index (χ0n) is 13.9. The Bertz CT molecular complexity index is 281. The SMILES string of the molecule is CCCCCCCCC=C(CC(OCC)OCC)C(=O)O. The van der Waals surface area contributed by atoms with E-state index in [4.69, 9.17) is 9.47 Å². The molecule has 0 aromatic carbocycles. The van der Waals surface area contributed by atoms with Gasteiger partial charge in [-0.25, -0.2) is 4.79 Å². The lowest BCUT2D eigenvalue weighted by Crippen LogP contribution is -2.20. The molecule has 4 heteroatoms. The zero-order valence-corrected chi connectivity index (χ0v) is 13.9. The van der Waals surface area contributed by atoms with Crippen molar-refractivity contribution in [3.8, 4) is 0 Å². The van der Waals surface area contributed by atoms with Crippen molar-refractivity contribution >= 4 is 5.97 Å². The van der Waals surface area contributed by atoms with E-state index >= 15 is 0 Å². The Balaban J connectivity index is 4.14. The van der Waals surface area contributed by atoms with Crippen LogP contribution >= 0.6 is 0 Å². The number of carboxylic acid groups (broad SMARTS) is 1. The molecule has 0 aromatic heterocycles. The van der Waals surface area contributed by atoms with Crippen LogP contribution in [0.15, 0.2) is 11.6 Å². The van der Waals surface area contributed by atoms with Gasteiger partial charge in [0.15, 0.2) is 6.29 Å². The number of rotatable bonds is 14. The predicted octanol–water partition coefficient (Wildman–Crippen LogP) is 4.54. The molecule has 0 aliphatic heterocycles. The van der Waals surface area contributed by atoms with Gasteiger partial charge in [-0.2, -0.15) is 0 Å². The number of unbranched alkanes of at least 4 members (excludes halogenated alkanes) is 6. The van der Waals surface area contributed by atoms with Crippen LogP contribution in [0.25, 0.3) is 0 Å². The lowest BCUT2D eigenvalue weighted by atomic mass is 10.1. The third kappa shape index (κ3) is 11.5. The second-order valence-corrected chi connectivity index (χ2v) is 5.14. The maximum atomic E-state index is 11.3. The van der Waals surface area contributed by atoms with Gasteiger partial charge in [0, 0.05) is 25.2 Å². The number of ether oxygens (including phenoxy) is 2. The lowest BCUT2D eigenvalue weighted by Gasteiger charge is -2.17. The number of hydrogen-bond donors (Lipinski definition) is 1. The molecule has 21 heavy (non-hydrogen) atoms. The fourth-order valence-electron chi connectivity index (χ4n) is 2.18. The number of allylic oxidation sites excluding steroid dienone is 1. The van der Waals surface area contributed by atoms with Crippen LogP contribution in [0, 0.1) is 0 Å². The fraction of sp³-hybridized carbons (Fsp3) is 0.824. The van der Waals surface area contributed by atoms with Crippen molar-refractivity contribution in [1.29, 1.82) is 0 Å². The first-order chi connectivity index (χ1) is 10.2. The largest absolute Gasteiger partial charge is 0.478 e. The summed E-state index contributed by atoms with van der Waals surface area (Å²) in [6.07, 6.45) is 9.79. The smallest absolute Gasteiger partial charge is 0.331 e. The molecule has 0 saturated heterocycles. The first kappa shape index (κ1) is 20.1. The van der Waals surface area contributed by atoms with E-state index in [0.717, 1.165) is 12.8 Å². The van der Waals surface area contributed by atoms with Crippen molar-refractivity contribution in [3.63, 3.8) is 0 Å². The Kier molecular flexibility index (Phi) is 13.5. The molecule has 0 aromatic rings. The third-order valence-corrected chi connectivity index (χ3v) is 3.31. The number of carbonyl (C=O) groups is 1. The van der Waals surface area contributed by atoms with Crippen molar-refractivity contribution < 1.29 is 19.4 Å². The van der Waals surface area contributed by atoms with Crippen molar-refractivity contribution in [2.75, 3.05) is 13.2 Å².